The van der Waals surface area contributed by atoms with Crippen molar-refractivity contribution in [1.29, 1.82) is 0 Å². The third kappa shape index (κ3) is 6.74. The largest absolute Gasteiger partial charge is 0.465 e. The molecule has 0 fully saturated rings. The number of nitrogens with two attached hydrogens (primary N) is 1. The van der Waals surface area contributed by atoms with E-state index >= 15 is 0 Å². The Hall–Kier alpha value is -1.31. The van der Waals surface area contributed by atoms with Gasteiger partial charge in [0.05, 0.1) is 19.2 Å². The highest BCUT2D eigenvalue weighted by molar-refractivity contribution is 14.0. The van der Waals surface area contributed by atoms with Crippen molar-refractivity contribution in [3.63, 3.8) is 0 Å². The molecule has 0 amide bonds. The molecule has 0 bridgehead atoms. The van der Waals surface area contributed by atoms with E-state index in [-0.39, 0.29) is 29.9 Å². The summed E-state index contributed by atoms with van der Waals surface area (Å²) in [6.07, 6.45) is 0. The zero-order valence-corrected chi connectivity index (χ0v) is 14.4. The molecule has 1 rings (SSSR count). The van der Waals surface area contributed by atoms with Gasteiger partial charge in [0.2, 0.25) is 0 Å². The fourth-order valence-corrected chi connectivity index (χ4v) is 1.46. The van der Waals surface area contributed by atoms with E-state index in [0.717, 1.165) is 12.1 Å². The number of methoxy groups -OCH3 is 1. The molecule has 6 heteroatoms. The van der Waals surface area contributed by atoms with Crippen molar-refractivity contribution < 1.29 is 9.53 Å². The summed E-state index contributed by atoms with van der Waals surface area (Å²) < 4.78 is 4.67. The molecule has 0 atom stereocenters. The van der Waals surface area contributed by atoms with Crippen LogP contribution < -0.4 is 11.1 Å². The second kappa shape index (κ2) is 9.57. The van der Waals surface area contributed by atoms with Gasteiger partial charge in [-0.2, -0.15) is 0 Å². The summed E-state index contributed by atoms with van der Waals surface area (Å²) in [5, 5.41) is 3.04. The SMILES string of the molecule is COC(=O)c1cccc(CN=C(N)NCC(C)C)c1.I. The van der Waals surface area contributed by atoms with Crippen LogP contribution >= 0.6 is 24.0 Å². The van der Waals surface area contributed by atoms with Crippen LogP contribution in [0.5, 0.6) is 0 Å². The van der Waals surface area contributed by atoms with Crippen molar-refractivity contribution in [2.75, 3.05) is 13.7 Å². The molecular weight excluding hydrogens is 369 g/mol. The summed E-state index contributed by atoms with van der Waals surface area (Å²) in [5.41, 5.74) is 7.17. The lowest BCUT2D eigenvalue weighted by molar-refractivity contribution is 0.0600. The first-order valence-electron chi connectivity index (χ1n) is 6.24. The van der Waals surface area contributed by atoms with E-state index in [1.165, 1.54) is 7.11 Å². The van der Waals surface area contributed by atoms with Crippen molar-refractivity contribution in [1.82, 2.24) is 5.32 Å². The van der Waals surface area contributed by atoms with Gasteiger partial charge in [0.1, 0.15) is 0 Å². The number of carbonyl (C=O) groups is 1. The number of esters is 1. The Morgan fingerprint density at radius 1 is 1.45 bits per heavy atom. The maximum Gasteiger partial charge on any atom is 0.337 e. The summed E-state index contributed by atoms with van der Waals surface area (Å²) in [6, 6.07) is 7.16. The minimum Gasteiger partial charge on any atom is -0.465 e. The van der Waals surface area contributed by atoms with Crippen molar-refractivity contribution >= 4 is 35.9 Å². The lowest BCUT2D eigenvalue weighted by atomic mass is 10.1. The molecule has 0 saturated carbocycles. The van der Waals surface area contributed by atoms with Gasteiger partial charge in [-0.3, -0.25) is 0 Å². The number of rotatable bonds is 5. The van der Waals surface area contributed by atoms with Crippen molar-refractivity contribution in [3.05, 3.63) is 35.4 Å². The van der Waals surface area contributed by atoms with Gasteiger partial charge in [-0.05, 0) is 23.6 Å². The molecule has 0 aliphatic heterocycles. The monoisotopic (exact) mass is 391 g/mol. The molecule has 0 radical (unpaired) electrons. The van der Waals surface area contributed by atoms with Gasteiger partial charge in [0, 0.05) is 6.54 Å². The fourth-order valence-electron chi connectivity index (χ4n) is 1.46. The normalized spacial score (nSPS) is 10.9. The van der Waals surface area contributed by atoms with E-state index in [2.05, 4.69) is 28.9 Å². The van der Waals surface area contributed by atoms with E-state index in [1.54, 1.807) is 18.2 Å². The molecule has 112 valence electrons. The van der Waals surface area contributed by atoms with Crippen LogP contribution in [0.2, 0.25) is 0 Å². The van der Waals surface area contributed by atoms with Crippen LogP contribution in [0.1, 0.15) is 29.8 Å². The van der Waals surface area contributed by atoms with Crippen molar-refractivity contribution in [2.45, 2.75) is 20.4 Å². The predicted octanol–water partition coefficient (Wildman–Crippen LogP) is 2.15. The number of nitrogens with zero attached hydrogens (tertiary/aromatic N) is 1. The summed E-state index contributed by atoms with van der Waals surface area (Å²) in [5.74, 6) is 0.574. The first-order valence-corrected chi connectivity index (χ1v) is 6.24. The maximum atomic E-state index is 11.4. The number of guanidine groups is 1. The molecule has 0 aliphatic carbocycles. The Bertz CT molecular complexity index is 461. The molecule has 1 aromatic carbocycles. The highest BCUT2D eigenvalue weighted by Crippen LogP contribution is 2.07. The van der Waals surface area contributed by atoms with Gasteiger partial charge in [-0.1, -0.05) is 26.0 Å². The number of carbonyl (C=O) groups excluding carboxylic acids is 1. The van der Waals surface area contributed by atoms with Crippen LogP contribution in [0.25, 0.3) is 0 Å². The van der Waals surface area contributed by atoms with Gasteiger partial charge in [0.15, 0.2) is 5.96 Å². The number of benzene rings is 1. The Balaban J connectivity index is 0.00000361. The molecule has 0 spiro atoms. The van der Waals surface area contributed by atoms with Crippen LogP contribution in [0, 0.1) is 5.92 Å². The smallest absolute Gasteiger partial charge is 0.337 e. The lowest BCUT2D eigenvalue weighted by Crippen LogP contribution is -2.34. The van der Waals surface area contributed by atoms with E-state index < -0.39 is 0 Å². The summed E-state index contributed by atoms with van der Waals surface area (Å²) in [6.45, 7) is 5.42. The third-order valence-corrected chi connectivity index (χ3v) is 2.47. The molecule has 0 aromatic heterocycles. The van der Waals surface area contributed by atoms with Gasteiger partial charge in [-0.15, -0.1) is 24.0 Å². The van der Waals surface area contributed by atoms with Gasteiger partial charge in [-0.25, -0.2) is 9.79 Å². The molecule has 0 unspecified atom stereocenters. The van der Waals surface area contributed by atoms with Crippen LogP contribution in [0.4, 0.5) is 0 Å². The van der Waals surface area contributed by atoms with Crippen molar-refractivity contribution in [2.24, 2.45) is 16.6 Å². The van der Waals surface area contributed by atoms with E-state index in [0.29, 0.717) is 24.0 Å². The molecule has 0 aliphatic rings. The maximum absolute atomic E-state index is 11.4. The minimum absolute atomic E-state index is 0. The second-order valence-corrected chi connectivity index (χ2v) is 4.67. The van der Waals surface area contributed by atoms with Crippen molar-refractivity contribution in [3.8, 4) is 0 Å². The molecule has 5 nitrogen and oxygen atoms in total. The summed E-state index contributed by atoms with van der Waals surface area (Å²) >= 11 is 0. The highest BCUT2D eigenvalue weighted by atomic mass is 127. The van der Waals surface area contributed by atoms with Gasteiger partial charge in [0.25, 0.3) is 0 Å². The van der Waals surface area contributed by atoms with Crippen LogP contribution in [0.15, 0.2) is 29.3 Å². The molecule has 1 aromatic rings. The average molecular weight is 391 g/mol. The Morgan fingerprint density at radius 2 is 2.15 bits per heavy atom. The summed E-state index contributed by atoms with van der Waals surface area (Å²) in [7, 11) is 1.36. The standard InChI is InChI=1S/C14H21N3O2.HI/c1-10(2)8-16-14(15)17-9-11-5-4-6-12(7-11)13(18)19-3;/h4-7,10H,8-9H2,1-3H3,(H3,15,16,17);1H. The second-order valence-electron chi connectivity index (χ2n) is 4.67. The molecule has 0 heterocycles. The number of halogens is 1. The van der Waals surface area contributed by atoms with E-state index in [4.69, 9.17) is 5.73 Å². The predicted molar refractivity (Wildman–Crippen MR) is 91.4 cm³/mol. The zero-order valence-electron chi connectivity index (χ0n) is 12.1. The first kappa shape index (κ1) is 18.7. The average Bonchev–Trinajstić information content (AvgIpc) is 2.42. The van der Waals surface area contributed by atoms with Gasteiger partial charge < -0.3 is 15.8 Å². The number of aliphatic imine (C=N–C) groups is 1. The third-order valence-electron chi connectivity index (χ3n) is 2.47. The molecular formula is C14H22IN3O2. The number of ether oxygens (including phenoxy) is 1. The number of nitrogens with one attached hydrogen (secondary N) is 1. The van der Waals surface area contributed by atoms with Crippen LogP contribution in [0.3, 0.4) is 0 Å². The Morgan fingerprint density at radius 3 is 2.75 bits per heavy atom. The number of hydrogen-bond donors (Lipinski definition) is 2. The Kier molecular flexibility index (Phi) is 8.94. The molecule has 20 heavy (non-hydrogen) atoms. The molecule has 0 saturated heterocycles. The quantitative estimate of drug-likeness (QED) is 0.349. The van der Waals surface area contributed by atoms with E-state index in [9.17, 15) is 4.79 Å². The van der Waals surface area contributed by atoms with E-state index in [1.807, 2.05) is 6.07 Å². The van der Waals surface area contributed by atoms with Gasteiger partial charge >= 0.3 is 5.97 Å². The minimum atomic E-state index is -0.350. The molecule has 3 N–H and O–H groups in total. The Labute approximate surface area is 137 Å². The fraction of sp³-hybridized carbons (Fsp3) is 0.429. The van der Waals surface area contributed by atoms with Crippen LogP contribution in [-0.2, 0) is 11.3 Å². The topological polar surface area (TPSA) is 76.7 Å². The highest BCUT2D eigenvalue weighted by Gasteiger charge is 2.05. The lowest BCUT2D eigenvalue weighted by Gasteiger charge is -2.08. The summed E-state index contributed by atoms with van der Waals surface area (Å²) in [4.78, 5) is 15.6. The first-order chi connectivity index (χ1) is 9.02. The number of hydrogen-bond acceptors (Lipinski definition) is 3. The van der Waals surface area contributed by atoms with Crippen LogP contribution in [-0.4, -0.2) is 25.6 Å². The zero-order chi connectivity index (χ0) is 14.3.